The maximum atomic E-state index is 13.9. The summed E-state index contributed by atoms with van der Waals surface area (Å²) in [5.74, 6) is -1.26. The normalized spacial score (nSPS) is 12.5. The molecule has 0 aliphatic rings. The highest BCUT2D eigenvalue weighted by Crippen LogP contribution is 2.37. The predicted octanol–water partition coefficient (Wildman–Crippen LogP) is 4.82. The van der Waals surface area contributed by atoms with Crippen LogP contribution < -0.4 is 9.62 Å². The zero-order valence-electron chi connectivity index (χ0n) is 22.1. The van der Waals surface area contributed by atoms with Crippen LogP contribution in [0.25, 0.3) is 0 Å². The Balaban J connectivity index is 2.08. The number of rotatable bonds is 10. The molecule has 1 N–H and O–H groups in total. The van der Waals surface area contributed by atoms with Gasteiger partial charge in [0.1, 0.15) is 12.6 Å². The number of carbonyl (C=O) groups excluding carboxylic acids is 2. The van der Waals surface area contributed by atoms with Crippen LogP contribution in [0.1, 0.15) is 22.3 Å². The van der Waals surface area contributed by atoms with Gasteiger partial charge >= 0.3 is 6.18 Å². The van der Waals surface area contributed by atoms with Crippen molar-refractivity contribution in [1.29, 1.82) is 0 Å². The summed E-state index contributed by atoms with van der Waals surface area (Å²) < 4.78 is 66.7. The van der Waals surface area contributed by atoms with Gasteiger partial charge in [-0.1, -0.05) is 66.2 Å². The third-order valence-corrected chi connectivity index (χ3v) is 7.81. The molecule has 0 spiro atoms. The Kier molecular flexibility index (Phi) is 9.86. The lowest BCUT2D eigenvalue weighted by Gasteiger charge is -2.33. The van der Waals surface area contributed by atoms with Crippen molar-refractivity contribution in [3.8, 4) is 0 Å². The van der Waals surface area contributed by atoms with Gasteiger partial charge in [-0.25, -0.2) is 8.42 Å². The lowest BCUT2D eigenvalue weighted by atomic mass is 10.0. The molecule has 0 unspecified atom stereocenters. The number of carbonyl (C=O) groups is 2. The molecule has 0 radical (unpaired) electrons. The highest BCUT2D eigenvalue weighted by atomic mass is 35.5. The van der Waals surface area contributed by atoms with Crippen LogP contribution in [0.4, 0.5) is 18.9 Å². The van der Waals surface area contributed by atoms with E-state index in [0.29, 0.717) is 10.4 Å². The second-order valence-electron chi connectivity index (χ2n) is 9.20. The van der Waals surface area contributed by atoms with E-state index in [1.54, 1.807) is 42.5 Å². The quantitative estimate of drug-likeness (QED) is 0.364. The number of sulfonamides is 1. The smallest absolute Gasteiger partial charge is 0.357 e. The largest absolute Gasteiger partial charge is 0.417 e. The molecule has 3 rings (SSSR count). The summed E-state index contributed by atoms with van der Waals surface area (Å²) in [4.78, 5) is 28.2. The van der Waals surface area contributed by atoms with Crippen molar-refractivity contribution in [1.82, 2.24) is 10.2 Å². The molecule has 0 saturated heterocycles. The summed E-state index contributed by atoms with van der Waals surface area (Å²) in [6, 6.07) is 17.7. The Morgan fingerprint density at radius 3 is 2.20 bits per heavy atom. The summed E-state index contributed by atoms with van der Waals surface area (Å²) in [6.45, 7) is 0.952. The number of alkyl halides is 3. The molecule has 214 valence electrons. The number of nitrogens with one attached hydrogen (secondary N) is 1. The second kappa shape index (κ2) is 12.7. The van der Waals surface area contributed by atoms with Gasteiger partial charge < -0.3 is 10.2 Å². The molecule has 3 aromatic carbocycles. The lowest BCUT2D eigenvalue weighted by Crippen LogP contribution is -2.53. The molecule has 40 heavy (non-hydrogen) atoms. The van der Waals surface area contributed by atoms with Gasteiger partial charge in [-0.2, -0.15) is 13.2 Å². The van der Waals surface area contributed by atoms with E-state index in [1.807, 2.05) is 19.1 Å². The number of aryl methyl sites for hydroxylation is 1. The monoisotopic (exact) mass is 595 g/mol. The molecule has 7 nitrogen and oxygen atoms in total. The summed E-state index contributed by atoms with van der Waals surface area (Å²) in [7, 11) is -2.82. The summed E-state index contributed by atoms with van der Waals surface area (Å²) >= 11 is 5.72. The average molecular weight is 596 g/mol. The molecule has 0 aromatic heterocycles. The van der Waals surface area contributed by atoms with Crippen molar-refractivity contribution < 1.29 is 31.2 Å². The minimum Gasteiger partial charge on any atom is -0.357 e. The Bertz CT molecular complexity index is 1470. The predicted molar refractivity (Wildman–Crippen MR) is 148 cm³/mol. The number of likely N-dealkylation sites (N-methyl/N-ethyl adjacent to an activating group) is 1. The molecule has 0 saturated carbocycles. The first-order valence-corrected chi connectivity index (χ1v) is 14.4. The molecule has 12 heteroatoms. The van der Waals surface area contributed by atoms with Crippen LogP contribution in [0.15, 0.2) is 72.8 Å². The number of halogens is 4. The zero-order valence-corrected chi connectivity index (χ0v) is 23.6. The van der Waals surface area contributed by atoms with Crippen LogP contribution in [0, 0.1) is 6.92 Å². The first-order chi connectivity index (χ1) is 18.7. The fraction of sp³-hybridized carbons (Fsp3) is 0.286. The molecule has 0 heterocycles. The van der Waals surface area contributed by atoms with Crippen molar-refractivity contribution in [2.24, 2.45) is 0 Å². The van der Waals surface area contributed by atoms with Gasteiger partial charge in [0.2, 0.25) is 21.8 Å². The first-order valence-electron chi connectivity index (χ1n) is 12.2. The van der Waals surface area contributed by atoms with Crippen LogP contribution in [-0.4, -0.2) is 51.0 Å². The van der Waals surface area contributed by atoms with E-state index in [9.17, 15) is 31.2 Å². The Morgan fingerprint density at radius 2 is 1.62 bits per heavy atom. The zero-order chi connectivity index (χ0) is 29.7. The lowest BCUT2D eigenvalue weighted by molar-refractivity contribution is -0.139. The molecule has 3 aromatic rings. The van der Waals surface area contributed by atoms with E-state index < -0.39 is 51.2 Å². The molecule has 2 amide bonds. The van der Waals surface area contributed by atoms with Crippen LogP contribution >= 0.6 is 11.6 Å². The Hall–Kier alpha value is -3.57. The van der Waals surface area contributed by atoms with Crippen LogP contribution in [0.5, 0.6) is 0 Å². The highest BCUT2D eigenvalue weighted by molar-refractivity contribution is 7.92. The number of anilines is 1. The topological polar surface area (TPSA) is 86.8 Å². The minimum atomic E-state index is -4.85. The third-order valence-electron chi connectivity index (χ3n) is 6.34. The maximum absolute atomic E-state index is 13.9. The number of amides is 2. The Labute approximate surface area is 236 Å². The van der Waals surface area contributed by atoms with E-state index in [1.165, 1.54) is 11.9 Å². The van der Waals surface area contributed by atoms with Gasteiger partial charge in [0.25, 0.3) is 0 Å². The van der Waals surface area contributed by atoms with Crippen molar-refractivity contribution in [2.75, 3.05) is 24.2 Å². The Morgan fingerprint density at radius 1 is 1.00 bits per heavy atom. The fourth-order valence-corrected chi connectivity index (χ4v) is 5.26. The van der Waals surface area contributed by atoms with E-state index in [-0.39, 0.29) is 18.7 Å². The summed E-state index contributed by atoms with van der Waals surface area (Å²) in [5, 5.41) is 1.95. The number of nitrogens with zero attached hydrogens (tertiary/aromatic N) is 2. The maximum Gasteiger partial charge on any atom is 0.417 e. The molecule has 1 atom stereocenters. The molecular weight excluding hydrogens is 567 g/mol. The van der Waals surface area contributed by atoms with Crippen molar-refractivity contribution in [2.45, 2.75) is 32.1 Å². The fourth-order valence-electron chi connectivity index (χ4n) is 4.19. The van der Waals surface area contributed by atoms with Gasteiger partial charge in [-0.3, -0.25) is 13.9 Å². The number of hydrogen-bond donors (Lipinski definition) is 1. The van der Waals surface area contributed by atoms with E-state index in [4.69, 9.17) is 11.6 Å². The van der Waals surface area contributed by atoms with Crippen molar-refractivity contribution in [3.05, 3.63) is 100 Å². The first kappa shape index (κ1) is 31.0. The van der Waals surface area contributed by atoms with Crippen LogP contribution in [0.3, 0.4) is 0 Å². The molecule has 0 aliphatic carbocycles. The van der Waals surface area contributed by atoms with E-state index >= 15 is 0 Å². The molecule has 0 aliphatic heterocycles. The third kappa shape index (κ3) is 7.76. The summed E-state index contributed by atoms with van der Waals surface area (Å²) in [6.07, 6.45) is -3.94. The SMILES string of the molecule is CNC(=O)[C@@H](Cc1ccccc1)N(Cc1ccccc1C)C(=O)CN(c1ccc(Cl)c(C(F)(F)F)c1)S(C)(=O)=O. The highest BCUT2D eigenvalue weighted by Gasteiger charge is 2.36. The van der Waals surface area contributed by atoms with Crippen molar-refractivity contribution >= 4 is 39.1 Å². The van der Waals surface area contributed by atoms with Gasteiger partial charge in [0.15, 0.2) is 0 Å². The van der Waals surface area contributed by atoms with Gasteiger partial charge in [0, 0.05) is 20.0 Å². The molecule has 0 bridgehead atoms. The molecule has 0 fully saturated rings. The standard InChI is InChI=1S/C28H29ClF3N3O4S/c1-19-9-7-8-12-21(19)17-34(25(27(37)33-2)15-20-10-5-4-6-11-20)26(36)18-35(40(3,38)39)22-13-14-24(29)23(16-22)28(30,31)32/h4-14,16,25H,15,17-18H2,1-3H3,(H,33,37)/t25-/m1/s1. The van der Waals surface area contributed by atoms with Crippen molar-refractivity contribution in [3.63, 3.8) is 0 Å². The summed E-state index contributed by atoms with van der Waals surface area (Å²) in [5.41, 5.74) is 0.684. The number of benzene rings is 3. The van der Waals surface area contributed by atoms with E-state index in [2.05, 4.69) is 5.32 Å². The minimum absolute atomic E-state index is 0.0392. The van der Waals surface area contributed by atoms with E-state index in [0.717, 1.165) is 35.1 Å². The number of hydrogen-bond acceptors (Lipinski definition) is 4. The van der Waals surface area contributed by atoms with Crippen LogP contribution in [-0.2, 0) is 38.8 Å². The van der Waals surface area contributed by atoms with Gasteiger partial charge in [0.05, 0.1) is 22.5 Å². The second-order valence-corrected chi connectivity index (χ2v) is 11.5. The van der Waals surface area contributed by atoms with Gasteiger partial charge in [-0.05, 0) is 41.8 Å². The molecular formula is C28H29ClF3N3O4S. The van der Waals surface area contributed by atoms with Gasteiger partial charge in [-0.15, -0.1) is 0 Å². The van der Waals surface area contributed by atoms with Crippen LogP contribution in [0.2, 0.25) is 5.02 Å². The average Bonchev–Trinajstić information content (AvgIpc) is 2.89.